The lowest BCUT2D eigenvalue weighted by molar-refractivity contribution is -0.137. The van der Waals surface area contributed by atoms with E-state index < -0.39 is 5.60 Å². The van der Waals surface area contributed by atoms with Crippen LogP contribution in [0.5, 0.6) is 11.6 Å². The smallest absolute Gasteiger partial charge is 0.339 e. The molecule has 1 aliphatic carbocycles. The molecule has 1 saturated carbocycles. The molecule has 0 atom stereocenters. The van der Waals surface area contributed by atoms with Gasteiger partial charge in [-0.15, -0.1) is 0 Å². The van der Waals surface area contributed by atoms with Gasteiger partial charge in [0.2, 0.25) is 11.8 Å². The summed E-state index contributed by atoms with van der Waals surface area (Å²) in [6, 6.07) is 5.47. The van der Waals surface area contributed by atoms with Crippen LogP contribution in [0.1, 0.15) is 60.9 Å². The first-order valence-corrected chi connectivity index (χ1v) is 12.3. The summed E-state index contributed by atoms with van der Waals surface area (Å²) in [5.41, 5.74) is 0.791. The second-order valence-electron chi connectivity index (χ2n) is 9.67. The molecule has 3 heterocycles. The number of ether oxygens (including phenoxy) is 2. The van der Waals surface area contributed by atoms with Crippen molar-refractivity contribution >= 4 is 11.9 Å². The summed E-state index contributed by atoms with van der Waals surface area (Å²) >= 11 is 0. The lowest BCUT2D eigenvalue weighted by atomic mass is 9.74. The fourth-order valence-corrected chi connectivity index (χ4v) is 5.50. The third-order valence-corrected chi connectivity index (χ3v) is 7.47. The van der Waals surface area contributed by atoms with Crippen molar-refractivity contribution in [1.82, 2.24) is 19.8 Å². The van der Waals surface area contributed by atoms with Crippen molar-refractivity contribution in [3.8, 4) is 11.6 Å². The van der Waals surface area contributed by atoms with Crippen LogP contribution in [0.2, 0.25) is 0 Å². The molecule has 1 saturated heterocycles. The van der Waals surface area contributed by atoms with E-state index in [1.807, 2.05) is 24.1 Å². The fraction of sp³-hybridized carbons (Fsp3) is 0.538. The first-order chi connectivity index (χ1) is 16.5. The number of carbonyl (C=O) groups is 2. The number of esters is 1. The zero-order chi connectivity index (χ0) is 23.5. The monoisotopic (exact) mass is 464 g/mol. The average molecular weight is 465 g/mol. The van der Waals surface area contributed by atoms with Crippen LogP contribution in [0.25, 0.3) is 0 Å². The molecule has 0 N–H and O–H groups in total. The Kier molecular flexibility index (Phi) is 6.50. The summed E-state index contributed by atoms with van der Waals surface area (Å²) in [5, 5.41) is 0. The van der Waals surface area contributed by atoms with Crippen LogP contribution < -0.4 is 4.74 Å². The number of piperidine rings is 1. The van der Waals surface area contributed by atoms with E-state index in [0.29, 0.717) is 30.0 Å². The molecule has 3 aliphatic rings. The highest BCUT2D eigenvalue weighted by Crippen LogP contribution is 2.49. The van der Waals surface area contributed by atoms with Gasteiger partial charge in [-0.25, -0.2) is 9.78 Å². The van der Waals surface area contributed by atoms with Crippen molar-refractivity contribution in [3.63, 3.8) is 0 Å². The molecule has 1 aromatic carbocycles. The van der Waals surface area contributed by atoms with Gasteiger partial charge < -0.3 is 19.3 Å². The second-order valence-corrected chi connectivity index (χ2v) is 9.67. The van der Waals surface area contributed by atoms with Gasteiger partial charge in [-0.2, -0.15) is 0 Å². The number of likely N-dealkylation sites (N-methyl/N-ethyl adjacent to an activating group) is 1. The Morgan fingerprint density at radius 2 is 2.00 bits per heavy atom. The van der Waals surface area contributed by atoms with Crippen molar-refractivity contribution in [1.29, 1.82) is 0 Å². The Morgan fingerprint density at radius 1 is 1.21 bits per heavy atom. The Bertz CT molecular complexity index is 1030. The van der Waals surface area contributed by atoms with Crippen LogP contribution in [-0.4, -0.2) is 64.9 Å². The fourth-order valence-electron chi connectivity index (χ4n) is 5.50. The van der Waals surface area contributed by atoms with E-state index in [-0.39, 0.29) is 17.8 Å². The zero-order valence-corrected chi connectivity index (χ0v) is 19.7. The molecule has 1 spiro atoms. The van der Waals surface area contributed by atoms with Gasteiger partial charge in [-0.05, 0) is 63.7 Å². The van der Waals surface area contributed by atoms with E-state index in [2.05, 4.69) is 14.9 Å². The minimum absolute atomic E-state index is 0.0148. The van der Waals surface area contributed by atoms with Crippen LogP contribution in [0.3, 0.4) is 0 Å². The van der Waals surface area contributed by atoms with Crippen LogP contribution >= 0.6 is 0 Å². The normalized spacial score (nSPS) is 24.5. The SMILES string of the molecule is CN(CCN1CCCCC1)C(=O)[C@H]1CC[C@@]2(CC1)OC(=O)c1cc(Oc3cnccn3)ccc12. The molecule has 2 aliphatic heterocycles. The van der Waals surface area contributed by atoms with E-state index in [0.717, 1.165) is 44.6 Å². The van der Waals surface area contributed by atoms with Gasteiger partial charge >= 0.3 is 5.97 Å². The lowest BCUT2D eigenvalue weighted by Crippen LogP contribution is -2.43. The maximum atomic E-state index is 13.1. The van der Waals surface area contributed by atoms with Gasteiger partial charge in [0, 0.05) is 44.0 Å². The molecule has 8 nitrogen and oxygen atoms in total. The van der Waals surface area contributed by atoms with Gasteiger partial charge in [0.1, 0.15) is 11.4 Å². The summed E-state index contributed by atoms with van der Waals surface area (Å²) in [6.45, 7) is 4.00. The number of rotatable bonds is 6. The van der Waals surface area contributed by atoms with E-state index in [1.54, 1.807) is 18.5 Å². The molecule has 8 heteroatoms. The van der Waals surface area contributed by atoms with Crippen LogP contribution in [0, 0.1) is 5.92 Å². The molecule has 2 aromatic rings. The first-order valence-electron chi connectivity index (χ1n) is 12.3. The van der Waals surface area contributed by atoms with Crippen molar-refractivity contribution in [2.75, 3.05) is 33.2 Å². The van der Waals surface area contributed by atoms with Crippen LogP contribution in [0.4, 0.5) is 0 Å². The highest BCUT2D eigenvalue weighted by Gasteiger charge is 2.48. The number of carbonyl (C=O) groups excluding carboxylic acids is 2. The number of hydrogen-bond donors (Lipinski definition) is 0. The minimum Gasteiger partial charge on any atom is -0.451 e. The summed E-state index contributed by atoms with van der Waals surface area (Å²) in [6.07, 6.45) is 11.2. The molecule has 1 amide bonds. The summed E-state index contributed by atoms with van der Waals surface area (Å²) in [4.78, 5) is 38.2. The maximum absolute atomic E-state index is 13.1. The quantitative estimate of drug-likeness (QED) is 0.602. The molecule has 34 heavy (non-hydrogen) atoms. The maximum Gasteiger partial charge on any atom is 0.339 e. The van der Waals surface area contributed by atoms with Crippen LogP contribution in [0.15, 0.2) is 36.8 Å². The summed E-state index contributed by atoms with van der Waals surface area (Å²) in [7, 11) is 1.92. The number of amides is 1. The van der Waals surface area contributed by atoms with Gasteiger partial charge in [0.15, 0.2) is 0 Å². The highest BCUT2D eigenvalue weighted by atomic mass is 16.6. The number of hydrogen-bond acceptors (Lipinski definition) is 7. The minimum atomic E-state index is -0.638. The number of likely N-dealkylation sites (tertiary alicyclic amines) is 1. The Labute approximate surface area is 200 Å². The summed E-state index contributed by atoms with van der Waals surface area (Å²) in [5.74, 6) is 0.755. The third-order valence-electron chi connectivity index (χ3n) is 7.47. The number of aromatic nitrogens is 2. The second kappa shape index (κ2) is 9.70. The lowest BCUT2D eigenvalue weighted by Gasteiger charge is -2.37. The number of fused-ring (bicyclic) bond motifs is 2. The van der Waals surface area contributed by atoms with Crippen molar-refractivity contribution in [3.05, 3.63) is 47.9 Å². The Balaban J connectivity index is 1.20. The van der Waals surface area contributed by atoms with E-state index in [9.17, 15) is 9.59 Å². The van der Waals surface area contributed by atoms with Crippen LogP contribution in [-0.2, 0) is 15.1 Å². The molecular formula is C26H32N4O4. The van der Waals surface area contributed by atoms with Gasteiger partial charge in [0.25, 0.3) is 0 Å². The molecule has 0 radical (unpaired) electrons. The van der Waals surface area contributed by atoms with Crippen molar-refractivity contribution in [2.45, 2.75) is 50.5 Å². The average Bonchev–Trinajstić information content (AvgIpc) is 3.14. The van der Waals surface area contributed by atoms with Gasteiger partial charge in [0.05, 0.1) is 11.8 Å². The van der Waals surface area contributed by atoms with E-state index in [4.69, 9.17) is 9.47 Å². The Morgan fingerprint density at radius 3 is 2.74 bits per heavy atom. The molecule has 0 unspecified atom stereocenters. The van der Waals surface area contributed by atoms with Crippen molar-refractivity contribution in [2.24, 2.45) is 5.92 Å². The van der Waals surface area contributed by atoms with Gasteiger partial charge in [-0.3, -0.25) is 9.78 Å². The third kappa shape index (κ3) is 4.64. The zero-order valence-electron chi connectivity index (χ0n) is 19.7. The topological polar surface area (TPSA) is 84.9 Å². The highest BCUT2D eigenvalue weighted by molar-refractivity contribution is 5.95. The first kappa shape index (κ1) is 22.8. The van der Waals surface area contributed by atoms with Crippen molar-refractivity contribution < 1.29 is 19.1 Å². The number of benzene rings is 1. The Hall–Kier alpha value is -3.00. The molecule has 1 aromatic heterocycles. The molecule has 180 valence electrons. The predicted octanol–water partition coefficient (Wildman–Crippen LogP) is 3.77. The van der Waals surface area contributed by atoms with E-state index in [1.165, 1.54) is 25.5 Å². The standard InChI is InChI=1S/C26H32N4O4/c1-29(15-16-30-13-3-2-4-14-30)24(31)19-7-9-26(10-8-19)22-6-5-20(17-21(22)25(32)34-26)33-23-18-27-11-12-28-23/h5-6,11-12,17-19H,2-4,7-10,13-16H2,1H3/t19-,26-. The molecule has 0 bridgehead atoms. The summed E-state index contributed by atoms with van der Waals surface area (Å²) < 4.78 is 11.7. The molecule has 5 rings (SSSR count). The molecule has 2 fully saturated rings. The largest absolute Gasteiger partial charge is 0.451 e. The predicted molar refractivity (Wildman–Crippen MR) is 126 cm³/mol. The molecular weight excluding hydrogens is 432 g/mol. The number of nitrogens with zero attached hydrogens (tertiary/aromatic N) is 4. The van der Waals surface area contributed by atoms with E-state index >= 15 is 0 Å². The van der Waals surface area contributed by atoms with Gasteiger partial charge in [-0.1, -0.05) is 12.5 Å².